The summed E-state index contributed by atoms with van der Waals surface area (Å²) >= 11 is 0. The zero-order valence-electron chi connectivity index (χ0n) is 19.0. The quantitative estimate of drug-likeness (QED) is 0.411. The molecular formula is C23H32N4O5. The summed E-state index contributed by atoms with van der Waals surface area (Å²) in [5.74, 6) is -0.00539. The molecule has 1 amide bonds. The number of hydrogen-bond donors (Lipinski definition) is 0. The van der Waals surface area contributed by atoms with Crippen LogP contribution in [0.2, 0.25) is 0 Å². The molecule has 2 aromatic rings. The van der Waals surface area contributed by atoms with Gasteiger partial charge in [0, 0.05) is 25.4 Å². The summed E-state index contributed by atoms with van der Waals surface area (Å²) in [5, 5.41) is 5.48. The number of carbonyl (C=O) groups is 2. The van der Waals surface area contributed by atoms with E-state index < -0.39 is 5.41 Å². The maximum atomic E-state index is 12.8. The van der Waals surface area contributed by atoms with Gasteiger partial charge in [0.25, 0.3) is 5.91 Å². The van der Waals surface area contributed by atoms with Gasteiger partial charge in [0.15, 0.2) is 0 Å². The number of ether oxygens (including phenoxy) is 2. The Morgan fingerprint density at radius 2 is 1.88 bits per heavy atom. The second-order valence-corrected chi connectivity index (χ2v) is 7.87. The van der Waals surface area contributed by atoms with Gasteiger partial charge in [-0.3, -0.25) is 19.1 Å². The number of aromatic nitrogens is 2. The molecule has 2 heterocycles. The minimum absolute atomic E-state index is 0.0520. The number of likely N-dealkylation sites (tertiary alicyclic amines) is 1. The van der Waals surface area contributed by atoms with E-state index in [4.69, 9.17) is 14.3 Å². The third kappa shape index (κ3) is 5.46. The Bertz CT molecular complexity index is 878. The first-order valence-electron chi connectivity index (χ1n) is 10.9. The van der Waals surface area contributed by atoms with Crippen LogP contribution in [0.4, 0.5) is 5.69 Å². The van der Waals surface area contributed by atoms with Crippen LogP contribution >= 0.6 is 0 Å². The number of methoxy groups -OCH3 is 2. The average molecular weight is 445 g/mol. The molecule has 3 rings (SSSR count). The van der Waals surface area contributed by atoms with Gasteiger partial charge < -0.3 is 14.4 Å². The van der Waals surface area contributed by atoms with Gasteiger partial charge in [0.1, 0.15) is 11.4 Å². The van der Waals surface area contributed by atoms with Gasteiger partial charge in [0.05, 0.1) is 32.8 Å². The van der Waals surface area contributed by atoms with Crippen molar-refractivity contribution in [2.45, 2.75) is 32.7 Å². The van der Waals surface area contributed by atoms with E-state index in [2.05, 4.69) is 10.00 Å². The number of esters is 1. The number of rotatable bonds is 10. The smallest absolute Gasteiger partial charge is 0.314 e. The van der Waals surface area contributed by atoms with Crippen LogP contribution in [0.25, 0.3) is 0 Å². The predicted octanol–water partition coefficient (Wildman–Crippen LogP) is 2.52. The summed E-state index contributed by atoms with van der Waals surface area (Å²) < 4.78 is 12.4. The van der Waals surface area contributed by atoms with Crippen molar-refractivity contribution >= 4 is 17.6 Å². The summed E-state index contributed by atoms with van der Waals surface area (Å²) in [5.41, 5.74) is -0.302. The van der Waals surface area contributed by atoms with Crippen LogP contribution < -0.4 is 9.80 Å². The highest BCUT2D eigenvalue weighted by atomic mass is 16.7. The fourth-order valence-electron chi connectivity index (χ4n) is 3.91. The van der Waals surface area contributed by atoms with Crippen LogP contribution in [0.1, 0.15) is 26.2 Å². The van der Waals surface area contributed by atoms with Crippen molar-refractivity contribution in [3.8, 4) is 5.75 Å². The molecule has 1 aliphatic heterocycles. The number of hydrogen-bond acceptors (Lipinski definition) is 7. The standard InChI is InChI=1S/C23H32N4O5/c1-4-21(28)27(19-8-5-6-9-20(19)30-2)32-18-23(22(29)31-3)10-14-25(15-11-23)16-17-26-13-7-12-24-26/h5-9,12-13H,4,10-11,14-18H2,1-3H3. The number of nitrogens with zero attached hydrogens (tertiary/aromatic N) is 4. The zero-order chi connectivity index (χ0) is 23.0. The third-order valence-corrected chi connectivity index (χ3v) is 5.94. The lowest BCUT2D eigenvalue weighted by Crippen LogP contribution is -2.49. The van der Waals surface area contributed by atoms with Crippen molar-refractivity contribution in [1.82, 2.24) is 14.7 Å². The molecule has 1 aromatic carbocycles. The Kier molecular flexibility index (Phi) is 8.24. The molecule has 1 saturated heterocycles. The molecule has 0 saturated carbocycles. The molecule has 1 aliphatic rings. The van der Waals surface area contributed by atoms with Crippen molar-refractivity contribution in [3.63, 3.8) is 0 Å². The topological polar surface area (TPSA) is 86.1 Å². The van der Waals surface area contributed by atoms with Crippen LogP contribution in [-0.4, -0.2) is 67.0 Å². The molecular weight excluding hydrogens is 412 g/mol. The Balaban J connectivity index is 1.69. The first-order valence-corrected chi connectivity index (χ1v) is 10.9. The Morgan fingerprint density at radius 1 is 1.12 bits per heavy atom. The molecule has 0 spiro atoms. The van der Waals surface area contributed by atoms with Gasteiger partial charge in [-0.25, -0.2) is 0 Å². The second kappa shape index (κ2) is 11.1. The van der Waals surface area contributed by atoms with E-state index in [1.807, 2.05) is 29.1 Å². The molecule has 0 radical (unpaired) electrons. The molecule has 1 fully saturated rings. The van der Waals surface area contributed by atoms with E-state index in [-0.39, 0.29) is 24.9 Å². The summed E-state index contributed by atoms with van der Waals surface area (Å²) in [6.45, 7) is 4.92. The summed E-state index contributed by atoms with van der Waals surface area (Å²) in [6.07, 6.45) is 5.12. The Labute approximate surface area is 188 Å². The van der Waals surface area contributed by atoms with Gasteiger partial charge in [-0.1, -0.05) is 19.1 Å². The molecule has 9 nitrogen and oxygen atoms in total. The number of piperidine rings is 1. The van der Waals surface area contributed by atoms with E-state index in [0.717, 1.165) is 26.2 Å². The molecule has 174 valence electrons. The van der Waals surface area contributed by atoms with Crippen LogP contribution in [0.15, 0.2) is 42.7 Å². The van der Waals surface area contributed by atoms with Gasteiger partial charge >= 0.3 is 5.97 Å². The molecule has 0 bridgehead atoms. The zero-order valence-corrected chi connectivity index (χ0v) is 19.0. The van der Waals surface area contributed by atoms with Crippen molar-refractivity contribution < 1.29 is 23.9 Å². The van der Waals surface area contributed by atoms with Crippen LogP contribution in [0.3, 0.4) is 0 Å². The van der Waals surface area contributed by atoms with Crippen LogP contribution in [0, 0.1) is 5.41 Å². The maximum Gasteiger partial charge on any atom is 0.314 e. The molecule has 0 aliphatic carbocycles. The van der Waals surface area contributed by atoms with Crippen LogP contribution in [-0.2, 0) is 25.7 Å². The highest BCUT2D eigenvalue weighted by molar-refractivity contribution is 5.92. The first-order chi connectivity index (χ1) is 15.5. The summed E-state index contributed by atoms with van der Waals surface area (Å²) in [7, 11) is 2.94. The molecule has 32 heavy (non-hydrogen) atoms. The van der Waals surface area contributed by atoms with Gasteiger partial charge in [-0.05, 0) is 44.1 Å². The number of anilines is 1. The molecule has 0 atom stereocenters. The molecule has 9 heteroatoms. The van der Waals surface area contributed by atoms with Gasteiger partial charge in [-0.15, -0.1) is 0 Å². The Morgan fingerprint density at radius 3 is 2.50 bits per heavy atom. The van der Waals surface area contributed by atoms with E-state index in [0.29, 0.717) is 24.3 Å². The first kappa shape index (κ1) is 23.7. The van der Waals surface area contributed by atoms with E-state index in [1.54, 1.807) is 32.4 Å². The largest absolute Gasteiger partial charge is 0.494 e. The molecule has 0 N–H and O–H groups in total. The number of amides is 1. The van der Waals surface area contributed by atoms with E-state index >= 15 is 0 Å². The number of benzene rings is 1. The van der Waals surface area contributed by atoms with Gasteiger partial charge in [-0.2, -0.15) is 10.2 Å². The predicted molar refractivity (Wildman–Crippen MR) is 119 cm³/mol. The lowest BCUT2D eigenvalue weighted by atomic mass is 9.79. The molecule has 1 aromatic heterocycles. The van der Waals surface area contributed by atoms with Crippen molar-refractivity contribution in [2.75, 3.05) is 45.5 Å². The maximum absolute atomic E-state index is 12.8. The SMILES string of the molecule is CCC(=O)N(OCC1(C(=O)OC)CCN(CCn2cccn2)CC1)c1ccccc1OC. The summed E-state index contributed by atoms with van der Waals surface area (Å²) in [4.78, 5) is 33.8. The number of para-hydroxylation sites is 2. The number of carbonyl (C=O) groups excluding carboxylic acids is 2. The van der Waals surface area contributed by atoms with Crippen LogP contribution in [0.5, 0.6) is 5.75 Å². The van der Waals surface area contributed by atoms with E-state index in [1.165, 1.54) is 12.2 Å². The number of hydroxylamine groups is 1. The fraction of sp³-hybridized carbons (Fsp3) is 0.522. The van der Waals surface area contributed by atoms with Crippen molar-refractivity contribution in [3.05, 3.63) is 42.7 Å². The average Bonchev–Trinajstić information content (AvgIpc) is 3.37. The van der Waals surface area contributed by atoms with E-state index in [9.17, 15) is 9.59 Å². The second-order valence-electron chi connectivity index (χ2n) is 7.87. The van der Waals surface area contributed by atoms with Crippen molar-refractivity contribution in [1.29, 1.82) is 0 Å². The highest BCUT2D eigenvalue weighted by Gasteiger charge is 2.44. The highest BCUT2D eigenvalue weighted by Crippen LogP contribution is 2.35. The fourth-order valence-corrected chi connectivity index (χ4v) is 3.91. The third-order valence-electron chi connectivity index (χ3n) is 5.94. The normalized spacial score (nSPS) is 15.8. The monoisotopic (exact) mass is 444 g/mol. The minimum atomic E-state index is -0.814. The lowest BCUT2D eigenvalue weighted by Gasteiger charge is -2.40. The summed E-state index contributed by atoms with van der Waals surface area (Å²) in [6, 6.07) is 9.07. The lowest BCUT2D eigenvalue weighted by molar-refractivity contribution is -0.162. The Hall–Kier alpha value is -2.91. The molecule has 0 unspecified atom stereocenters. The minimum Gasteiger partial charge on any atom is -0.494 e. The van der Waals surface area contributed by atoms with Crippen molar-refractivity contribution in [2.24, 2.45) is 5.41 Å². The van der Waals surface area contributed by atoms with Gasteiger partial charge in [0.2, 0.25) is 0 Å².